The molecule has 1 saturated heterocycles. The third kappa shape index (κ3) is 2.73. The third-order valence-corrected chi connectivity index (χ3v) is 6.11. The number of hydrogen-bond donors (Lipinski definition) is 0. The minimum atomic E-state index is -0.809. The van der Waals surface area contributed by atoms with E-state index in [2.05, 4.69) is 4.90 Å². The minimum absolute atomic E-state index is 0.228. The van der Waals surface area contributed by atoms with Crippen molar-refractivity contribution in [2.24, 2.45) is 4.99 Å². The Morgan fingerprint density at radius 2 is 1.79 bits per heavy atom. The smallest absolute Gasteiger partial charge is 0.310 e. The van der Waals surface area contributed by atoms with Gasteiger partial charge in [0, 0.05) is 18.4 Å². The first-order valence-corrected chi connectivity index (χ1v) is 9.70. The Kier molecular flexibility index (Phi) is 4.44. The number of guanidine groups is 1. The molecule has 3 aliphatic rings. The molecule has 0 aromatic heterocycles. The topological polar surface area (TPSA) is 76.5 Å². The molecule has 3 aliphatic heterocycles. The number of ketones is 1. The summed E-state index contributed by atoms with van der Waals surface area (Å²) in [6.45, 7) is 7.56. The van der Waals surface area contributed by atoms with E-state index in [-0.39, 0.29) is 11.7 Å². The van der Waals surface area contributed by atoms with E-state index in [1.165, 1.54) is 11.8 Å². The molecule has 152 valence electrons. The zero-order valence-corrected chi connectivity index (χ0v) is 17.3. The van der Waals surface area contributed by atoms with E-state index in [1.54, 1.807) is 14.0 Å². The number of Topliss-reactive ketones (excluding diaryl/α,β-unsaturated/α-hetero) is 1. The molecule has 0 N–H and O–H groups in total. The standard InChI is InChI=1S/C21H25N5O3/c1-12-13(2)25-17-18(22-20(25)24(12)11-16-9-7-6-8-10-16)23(5)21(29)26(19(17)28)14(3)15(4)27/h6-10,14,17-18H,11H2,1-5H3. The van der Waals surface area contributed by atoms with Gasteiger partial charge in [0.25, 0.3) is 5.91 Å². The summed E-state index contributed by atoms with van der Waals surface area (Å²) in [6, 6.07) is 8.08. The lowest BCUT2D eigenvalue weighted by Gasteiger charge is -2.42. The molecule has 0 radical (unpaired) electrons. The number of likely N-dealkylation sites (N-methyl/N-ethyl adjacent to an activating group) is 1. The Balaban J connectivity index is 1.71. The molecule has 3 heterocycles. The Morgan fingerprint density at radius 3 is 2.41 bits per heavy atom. The van der Waals surface area contributed by atoms with E-state index in [0.717, 1.165) is 21.9 Å². The van der Waals surface area contributed by atoms with Crippen molar-refractivity contribution < 1.29 is 14.4 Å². The van der Waals surface area contributed by atoms with Gasteiger partial charge in [-0.1, -0.05) is 30.3 Å². The zero-order valence-electron chi connectivity index (χ0n) is 17.3. The van der Waals surface area contributed by atoms with Crippen LogP contribution in [-0.4, -0.2) is 68.6 Å². The van der Waals surface area contributed by atoms with E-state index in [1.807, 2.05) is 49.1 Å². The van der Waals surface area contributed by atoms with Gasteiger partial charge in [0.2, 0.25) is 5.96 Å². The average molecular weight is 395 g/mol. The summed E-state index contributed by atoms with van der Waals surface area (Å²) in [4.78, 5) is 49.4. The van der Waals surface area contributed by atoms with Crippen molar-refractivity contribution in [3.63, 3.8) is 0 Å². The highest BCUT2D eigenvalue weighted by atomic mass is 16.2. The quantitative estimate of drug-likeness (QED) is 0.779. The summed E-state index contributed by atoms with van der Waals surface area (Å²) in [6.07, 6.45) is -0.610. The van der Waals surface area contributed by atoms with E-state index in [9.17, 15) is 14.4 Å². The average Bonchev–Trinajstić information content (AvgIpc) is 3.19. The second-order valence-corrected chi connectivity index (χ2v) is 7.79. The number of amides is 3. The second-order valence-electron chi connectivity index (χ2n) is 7.79. The number of urea groups is 1. The monoisotopic (exact) mass is 395 g/mol. The van der Waals surface area contributed by atoms with Gasteiger partial charge in [-0.3, -0.25) is 19.4 Å². The van der Waals surface area contributed by atoms with E-state index >= 15 is 0 Å². The lowest BCUT2D eigenvalue weighted by atomic mass is 10.1. The predicted molar refractivity (Wildman–Crippen MR) is 107 cm³/mol. The summed E-state index contributed by atoms with van der Waals surface area (Å²) >= 11 is 0. The van der Waals surface area contributed by atoms with Crippen LogP contribution in [0.4, 0.5) is 4.79 Å². The molecular formula is C21H25N5O3. The number of rotatable bonds is 4. The van der Waals surface area contributed by atoms with E-state index in [0.29, 0.717) is 12.5 Å². The normalized spacial score (nSPS) is 24.8. The Bertz CT molecular complexity index is 954. The van der Waals surface area contributed by atoms with Gasteiger partial charge in [-0.15, -0.1) is 0 Å². The maximum atomic E-state index is 13.3. The lowest BCUT2D eigenvalue weighted by molar-refractivity contribution is -0.142. The molecule has 3 atom stereocenters. The van der Waals surface area contributed by atoms with Gasteiger partial charge in [-0.2, -0.15) is 0 Å². The fourth-order valence-corrected chi connectivity index (χ4v) is 4.14. The molecule has 1 fully saturated rings. The number of benzene rings is 1. The van der Waals surface area contributed by atoms with Crippen LogP contribution in [0, 0.1) is 0 Å². The molecule has 4 rings (SSSR count). The van der Waals surface area contributed by atoms with Gasteiger partial charge in [0.05, 0.1) is 12.6 Å². The number of carbonyl (C=O) groups excluding carboxylic acids is 3. The number of carbonyl (C=O) groups is 3. The fraction of sp³-hybridized carbons (Fsp3) is 0.429. The lowest BCUT2D eigenvalue weighted by Crippen LogP contribution is -2.67. The molecule has 3 amide bonds. The second kappa shape index (κ2) is 6.72. The van der Waals surface area contributed by atoms with Crippen molar-refractivity contribution in [1.82, 2.24) is 19.6 Å². The largest absolute Gasteiger partial charge is 0.328 e. The molecular weight excluding hydrogens is 370 g/mol. The Hall–Kier alpha value is -3.16. The van der Waals surface area contributed by atoms with Crippen LogP contribution >= 0.6 is 0 Å². The number of aliphatic imine (C=N–C) groups is 1. The van der Waals surface area contributed by atoms with Gasteiger partial charge in [-0.05, 0) is 33.3 Å². The molecule has 3 unspecified atom stereocenters. The van der Waals surface area contributed by atoms with Crippen LogP contribution < -0.4 is 0 Å². The highest BCUT2D eigenvalue weighted by Crippen LogP contribution is 2.38. The summed E-state index contributed by atoms with van der Waals surface area (Å²) in [7, 11) is 1.63. The van der Waals surface area contributed by atoms with E-state index < -0.39 is 24.3 Å². The highest BCUT2D eigenvalue weighted by molar-refractivity contribution is 6.07. The van der Waals surface area contributed by atoms with Gasteiger partial charge >= 0.3 is 6.03 Å². The minimum Gasteiger partial charge on any atom is -0.310 e. The summed E-state index contributed by atoms with van der Waals surface area (Å²) in [5.41, 5.74) is 3.07. The van der Waals surface area contributed by atoms with Crippen LogP contribution in [0.15, 0.2) is 46.7 Å². The number of fused-ring (bicyclic) bond motifs is 3. The SMILES string of the molecule is CC(=O)C(C)N1C(=O)C2C(N=C3N(Cc4ccccc4)C(C)=C(C)N32)N(C)C1=O. The number of hydrogen-bond acceptors (Lipinski definition) is 6. The summed E-state index contributed by atoms with van der Waals surface area (Å²) < 4.78 is 0. The first-order valence-electron chi connectivity index (χ1n) is 9.70. The number of nitrogens with zero attached hydrogens (tertiary/aromatic N) is 5. The number of imide groups is 1. The molecule has 0 saturated carbocycles. The Morgan fingerprint density at radius 1 is 1.14 bits per heavy atom. The van der Waals surface area contributed by atoms with Gasteiger partial charge in [-0.25, -0.2) is 9.79 Å². The van der Waals surface area contributed by atoms with Crippen molar-refractivity contribution in [3.05, 3.63) is 47.3 Å². The van der Waals surface area contributed by atoms with Gasteiger partial charge in [0.1, 0.15) is 0 Å². The molecule has 0 aliphatic carbocycles. The molecule has 8 heteroatoms. The van der Waals surface area contributed by atoms with Crippen molar-refractivity contribution in [2.45, 2.75) is 52.5 Å². The van der Waals surface area contributed by atoms with Crippen LogP contribution in [-0.2, 0) is 16.1 Å². The maximum absolute atomic E-state index is 13.3. The van der Waals surface area contributed by atoms with Crippen molar-refractivity contribution in [1.29, 1.82) is 0 Å². The molecule has 8 nitrogen and oxygen atoms in total. The van der Waals surface area contributed by atoms with Crippen molar-refractivity contribution >= 4 is 23.7 Å². The van der Waals surface area contributed by atoms with Crippen LogP contribution in [0.1, 0.15) is 33.3 Å². The van der Waals surface area contributed by atoms with Crippen LogP contribution in [0.25, 0.3) is 0 Å². The molecule has 0 bridgehead atoms. The third-order valence-electron chi connectivity index (χ3n) is 6.11. The van der Waals surface area contributed by atoms with Crippen molar-refractivity contribution in [3.8, 4) is 0 Å². The highest BCUT2D eigenvalue weighted by Gasteiger charge is 2.56. The van der Waals surface area contributed by atoms with E-state index in [4.69, 9.17) is 4.99 Å². The zero-order chi connectivity index (χ0) is 21.0. The molecule has 1 aromatic rings. The summed E-state index contributed by atoms with van der Waals surface area (Å²) in [5, 5.41) is 0. The predicted octanol–water partition coefficient (Wildman–Crippen LogP) is 1.99. The van der Waals surface area contributed by atoms with Crippen LogP contribution in [0.3, 0.4) is 0 Å². The molecule has 0 spiro atoms. The molecule has 1 aromatic carbocycles. The van der Waals surface area contributed by atoms with Crippen LogP contribution in [0.2, 0.25) is 0 Å². The summed E-state index contributed by atoms with van der Waals surface area (Å²) in [5.74, 6) is 0.0608. The Labute approximate surface area is 170 Å². The number of allylic oxidation sites excluding steroid dienone is 2. The first-order chi connectivity index (χ1) is 13.7. The van der Waals surface area contributed by atoms with Gasteiger partial charge in [0.15, 0.2) is 18.0 Å². The van der Waals surface area contributed by atoms with Crippen LogP contribution in [0.5, 0.6) is 0 Å². The molecule has 29 heavy (non-hydrogen) atoms. The van der Waals surface area contributed by atoms with Gasteiger partial charge < -0.3 is 9.80 Å². The van der Waals surface area contributed by atoms with Crippen molar-refractivity contribution in [2.75, 3.05) is 7.05 Å². The maximum Gasteiger partial charge on any atom is 0.328 e. The fourth-order valence-electron chi connectivity index (χ4n) is 4.14. The first kappa shape index (κ1) is 19.2.